The number of anilines is 1. The molecule has 4 rings (SSSR count). The van der Waals surface area contributed by atoms with Crippen molar-refractivity contribution in [3.05, 3.63) is 77.5 Å². The molecule has 0 aliphatic rings. The van der Waals surface area contributed by atoms with E-state index in [0.29, 0.717) is 22.0 Å². The Balaban J connectivity index is 1.59. The van der Waals surface area contributed by atoms with Crippen molar-refractivity contribution in [2.75, 3.05) is 5.32 Å². The maximum atomic E-state index is 13.7. The molecule has 0 radical (unpaired) electrons. The molecule has 144 valence electrons. The summed E-state index contributed by atoms with van der Waals surface area (Å²) in [5.41, 5.74) is 0.992. The lowest BCUT2D eigenvalue weighted by atomic mass is 10.1. The number of halogens is 3. The number of carbonyl (C=O) groups excluding carboxylic acids is 1. The van der Waals surface area contributed by atoms with Gasteiger partial charge in [-0.25, -0.2) is 13.8 Å². The Morgan fingerprint density at radius 3 is 2.48 bits per heavy atom. The van der Waals surface area contributed by atoms with E-state index >= 15 is 0 Å². The van der Waals surface area contributed by atoms with E-state index in [4.69, 9.17) is 16.1 Å². The molecule has 3 heterocycles. The van der Waals surface area contributed by atoms with Crippen LogP contribution in [0.3, 0.4) is 0 Å². The molecule has 1 N–H and O–H groups in total. The number of hydrogen-bond acceptors (Lipinski definition) is 6. The average Bonchev–Trinajstić information content (AvgIpc) is 3.24. The zero-order chi connectivity index (χ0) is 20.4. The first-order chi connectivity index (χ1) is 14.0. The van der Waals surface area contributed by atoms with Crippen LogP contribution < -0.4 is 5.32 Å². The summed E-state index contributed by atoms with van der Waals surface area (Å²) in [6.45, 7) is 0. The molecule has 1 aromatic carbocycles. The zero-order valence-electron chi connectivity index (χ0n) is 14.4. The van der Waals surface area contributed by atoms with E-state index in [1.165, 1.54) is 18.6 Å². The van der Waals surface area contributed by atoms with Gasteiger partial charge < -0.3 is 9.84 Å². The first-order valence-corrected chi connectivity index (χ1v) is 8.54. The lowest BCUT2D eigenvalue weighted by Gasteiger charge is -2.08. The van der Waals surface area contributed by atoms with E-state index in [1.807, 2.05) is 0 Å². The second-order valence-corrected chi connectivity index (χ2v) is 6.20. The predicted octanol–water partition coefficient (Wildman–Crippen LogP) is 4.38. The van der Waals surface area contributed by atoms with Crippen LogP contribution in [0.15, 0.2) is 59.8 Å². The standard InChI is InChI=1S/C19H10ClF2N5O2/c20-12-2-1-10(16-3-4-26-29-16)5-11(12)15-8-25-17(9-24-15)27-19(28)18-13(21)6-23-7-14(18)22/h1-9H,(H,25,27,28). The van der Waals surface area contributed by atoms with E-state index in [9.17, 15) is 13.6 Å². The zero-order valence-corrected chi connectivity index (χ0v) is 15.2. The number of aromatic nitrogens is 4. The SMILES string of the molecule is O=C(Nc1cnc(-c2cc(-c3ccno3)ccc2Cl)cn1)c1c(F)cncc1F. The highest BCUT2D eigenvalue weighted by molar-refractivity contribution is 6.33. The van der Waals surface area contributed by atoms with Crippen LogP contribution in [0.5, 0.6) is 0 Å². The van der Waals surface area contributed by atoms with Crippen molar-refractivity contribution in [1.29, 1.82) is 0 Å². The first-order valence-electron chi connectivity index (χ1n) is 8.16. The predicted molar refractivity (Wildman–Crippen MR) is 100 cm³/mol. The maximum Gasteiger partial charge on any atom is 0.262 e. The molecular formula is C19H10ClF2N5O2. The molecule has 0 aliphatic heterocycles. The van der Waals surface area contributed by atoms with Crippen LogP contribution >= 0.6 is 11.6 Å². The van der Waals surface area contributed by atoms with E-state index in [-0.39, 0.29) is 5.82 Å². The van der Waals surface area contributed by atoms with Gasteiger partial charge in [-0.1, -0.05) is 16.8 Å². The molecule has 29 heavy (non-hydrogen) atoms. The fourth-order valence-corrected chi connectivity index (χ4v) is 2.79. The van der Waals surface area contributed by atoms with Crippen molar-refractivity contribution in [3.8, 4) is 22.6 Å². The van der Waals surface area contributed by atoms with Crippen LogP contribution in [0.25, 0.3) is 22.6 Å². The number of benzene rings is 1. The van der Waals surface area contributed by atoms with Crippen molar-refractivity contribution < 1.29 is 18.1 Å². The molecule has 0 atom stereocenters. The van der Waals surface area contributed by atoms with Crippen molar-refractivity contribution in [2.24, 2.45) is 0 Å². The first kappa shape index (κ1) is 18.6. The molecule has 0 spiro atoms. The van der Waals surface area contributed by atoms with Crippen LogP contribution in [-0.2, 0) is 0 Å². The van der Waals surface area contributed by atoms with Gasteiger partial charge in [-0.05, 0) is 18.2 Å². The molecule has 0 fully saturated rings. The smallest absolute Gasteiger partial charge is 0.262 e. The summed E-state index contributed by atoms with van der Waals surface area (Å²) in [7, 11) is 0. The normalized spacial score (nSPS) is 10.7. The van der Waals surface area contributed by atoms with Gasteiger partial charge in [0.1, 0.15) is 5.56 Å². The summed E-state index contributed by atoms with van der Waals surface area (Å²) in [6.07, 6.45) is 5.64. The van der Waals surface area contributed by atoms with Gasteiger partial charge in [0.25, 0.3) is 5.91 Å². The number of nitrogens with zero attached hydrogens (tertiary/aromatic N) is 4. The molecule has 4 aromatic rings. The van der Waals surface area contributed by atoms with Crippen molar-refractivity contribution in [3.63, 3.8) is 0 Å². The summed E-state index contributed by atoms with van der Waals surface area (Å²) in [5, 5.41) is 6.39. The van der Waals surface area contributed by atoms with Gasteiger partial charge in [-0.3, -0.25) is 14.8 Å². The molecule has 7 nitrogen and oxygen atoms in total. The van der Waals surface area contributed by atoms with Crippen molar-refractivity contribution >= 4 is 23.3 Å². The lowest BCUT2D eigenvalue weighted by Crippen LogP contribution is -2.17. The molecule has 0 aliphatic carbocycles. The van der Waals surface area contributed by atoms with Crippen LogP contribution in [0.1, 0.15) is 10.4 Å². The molecule has 3 aromatic heterocycles. The molecule has 10 heteroatoms. The Kier molecular flexibility index (Phi) is 4.96. The summed E-state index contributed by atoms with van der Waals surface area (Å²) in [4.78, 5) is 23.7. The largest absolute Gasteiger partial charge is 0.356 e. The fourth-order valence-electron chi connectivity index (χ4n) is 2.58. The summed E-state index contributed by atoms with van der Waals surface area (Å²) < 4.78 is 32.5. The Morgan fingerprint density at radius 2 is 1.83 bits per heavy atom. The van der Waals surface area contributed by atoms with Crippen LogP contribution in [0.4, 0.5) is 14.6 Å². The summed E-state index contributed by atoms with van der Waals surface area (Å²) in [5.74, 6) is -2.60. The van der Waals surface area contributed by atoms with Gasteiger partial charge in [0.15, 0.2) is 23.2 Å². The monoisotopic (exact) mass is 413 g/mol. The molecule has 0 saturated heterocycles. The Hall–Kier alpha value is -3.72. The maximum absolute atomic E-state index is 13.7. The highest BCUT2D eigenvalue weighted by Crippen LogP contribution is 2.31. The molecular weight excluding hydrogens is 404 g/mol. The summed E-state index contributed by atoms with van der Waals surface area (Å²) >= 11 is 6.26. The quantitative estimate of drug-likeness (QED) is 0.533. The van der Waals surface area contributed by atoms with Crippen LogP contribution in [-0.4, -0.2) is 26.0 Å². The number of pyridine rings is 1. The summed E-state index contributed by atoms with van der Waals surface area (Å²) in [6, 6.07) is 6.91. The number of rotatable bonds is 4. The number of carbonyl (C=O) groups is 1. The second kappa shape index (κ2) is 7.72. The number of nitrogens with one attached hydrogen (secondary N) is 1. The third-order valence-corrected chi connectivity index (χ3v) is 4.27. The van der Waals surface area contributed by atoms with Gasteiger partial charge in [-0.15, -0.1) is 0 Å². The van der Waals surface area contributed by atoms with E-state index in [0.717, 1.165) is 18.0 Å². The van der Waals surface area contributed by atoms with E-state index < -0.39 is 23.1 Å². The molecule has 1 amide bonds. The number of hydrogen-bond donors (Lipinski definition) is 1. The number of amides is 1. The van der Waals surface area contributed by atoms with Crippen molar-refractivity contribution in [2.45, 2.75) is 0 Å². The Bertz CT molecular complexity index is 1160. The highest BCUT2D eigenvalue weighted by Gasteiger charge is 2.18. The van der Waals surface area contributed by atoms with Gasteiger partial charge in [-0.2, -0.15) is 0 Å². The molecule has 0 unspecified atom stereocenters. The highest BCUT2D eigenvalue weighted by atomic mass is 35.5. The minimum Gasteiger partial charge on any atom is -0.356 e. The fraction of sp³-hybridized carbons (Fsp3) is 0. The van der Waals surface area contributed by atoms with Crippen LogP contribution in [0.2, 0.25) is 5.02 Å². The van der Waals surface area contributed by atoms with Gasteiger partial charge in [0.05, 0.1) is 41.7 Å². The van der Waals surface area contributed by atoms with Crippen LogP contribution in [0, 0.1) is 11.6 Å². The Morgan fingerprint density at radius 1 is 1.03 bits per heavy atom. The minimum absolute atomic E-state index is 0.0110. The Labute approximate surface area is 167 Å². The lowest BCUT2D eigenvalue weighted by molar-refractivity contribution is 0.101. The van der Waals surface area contributed by atoms with E-state index in [1.54, 1.807) is 24.3 Å². The van der Waals surface area contributed by atoms with Gasteiger partial charge >= 0.3 is 0 Å². The minimum atomic E-state index is -1.08. The van der Waals surface area contributed by atoms with Gasteiger partial charge in [0, 0.05) is 17.2 Å². The van der Waals surface area contributed by atoms with Crippen molar-refractivity contribution in [1.82, 2.24) is 20.1 Å². The average molecular weight is 414 g/mol. The third kappa shape index (κ3) is 3.81. The second-order valence-electron chi connectivity index (χ2n) is 5.79. The topological polar surface area (TPSA) is 93.8 Å². The van der Waals surface area contributed by atoms with Gasteiger partial charge in [0.2, 0.25) is 0 Å². The van der Waals surface area contributed by atoms with E-state index in [2.05, 4.69) is 25.4 Å². The molecule has 0 saturated carbocycles. The molecule has 0 bridgehead atoms. The third-order valence-electron chi connectivity index (χ3n) is 3.94.